The lowest BCUT2D eigenvalue weighted by Gasteiger charge is -2.21. The van der Waals surface area contributed by atoms with Crippen LogP contribution in [0.2, 0.25) is 5.02 Å². The standard InChI is InChI=1S/C23H31F2N5O3S.C23H32FN5O3S.C22H34ClN5O3S/c1-14(2)30-17(12-29(3)13-20(24)25)11-21(27-30)34(32,33)28-23(31)26-22-18-8-4-6-15(18)10-16-7-5-9-19(16)22;1-15(2)29-18(14-28(3)11-10-24)13-21(26-29)33(31,32)27-23(30)25-22-19-8-4-6-16(19)12-17-7-5-9-20(17)22;1-13(2)18-9-16(23)10-19(14(3)4)21(18)24-22(29)26-32(30,31)20-11-17(12-27(7)8)28(25-20)15(5)6/h10-11,14,20H,4-9,12-13H2,1-3H3,(H2,26,28,31);12-13,15H,4-11,14H2,1-3H3,(H2,25,27,30);9-11,13-15H,12H2,1-8H3,(H2,24,26,29). The third-order valence-corrected chi connectivity index (χ3v) is 21.5. The number of anilines is 3. The number of amides is 6. The number of aryl methyl sites for hydroxylation is 4. The van der Waals surface area contributed by atoms with E-state index < -0.39 is 67.8 Å². The molecule has 0 saturated carbocycles. The average molecular weight is 1460 g/mol. The fourth-order valence-electron chi connectivity index (χ4n) is 13.3. The van der Waals surface area contributed by atoms with Crippen molar-refractivity contribution in [3.8, 4) is 0 Å². The van der Waals surface area contributed by atoms with Gasteiger partial charge >= 0.3 is 18.1 Å². The molecule has 6 aromatic rings. The van der Waals surface area contributed by atoms with Gasteiger partial charge in [0.2, 0.25) is 0 Å². The van der Waals surface area contributed by atoms with Crippen LogP contribution in [-0.4, -0.2) is 142 Å². The van der Waals surface area contributed by atoms with Gasteiger partial charge in [-0.05, 0) is 226 Å². The summed E-state index contributed by atoms with van der Waals surface area (Å²) in [5.41, 5.74) is 15.1. The van der Waals surface area contributed by atoms with Crippen LogP contribution in [0.15, 0.2) is 57.5 Å². The second kappa shape index (κ2) is 32.7. The number of hydrogen-bond donors (Lipinski definition) is 6. The van der Waals surface area contributed by atoms with Crippen molar-refractivity contribution in [2.45, 2.75) is 217 Å². The monoisotopic (exact) mass is 1460 g/mol. The molecule has 99 heavy (non-hydrogen) atoms. The molecule has 4 aliphatic carbocycles. The first-order chi connectivity index (χ1) is 46.5. The molecule has 0 spiro atoms. The maximum Gasteiger partial charge on any atom is 0.333 e. The number of alkyl halides is 3. The number of nitrogens with one attached hydrogen (secondary N) is 6. The number of carbonyl (C=O) groups excluding carboxylic acids is 3. The quantitative estimate of drug-likeness (QED) is 0.0328. The normalized spacial score (nSPS) is 14.3. The van der Waals surface area contributed by atoms with Crippen molar-refractivity contribution < 1.29 is 52.8 Å². The van der Waals surface area contributed by atoms with Crippen LogP contribution in [0.25, 0.3) is 0 Å². The number of halogens is 4. The van der Waals surface area contributed by atoms with Gasteiger partial charge in [-0.2, -0.15) is 40.5 Å². The van der Waals surface area contributed by atoms with Crippen LogP contribution in [0, 0.1) is 0 Å². The summed E-state index contributed by atoms with van der Waals surface area (Å²) in [4.78, 5) is 43.4. The molecule has 0 fully saturated rings. The smallest absolute Gasteiger partial charge is 0.307 e. The number of nitrogens with zero attached hydrogens (tertiary/aromatic N) is 9. The Bertz CT molecular complexity index is 4190. The Balaban J connectivity index is 0.000000189. The number of aromatic nitrogens is 6. The molecule has 0 radical (unpaired) electrons. The van der Waals surface area contributed by atoms with Crippen LogP contribution in [0.4, 0.5) is 44.6 Å². The van der Waals surface area contributed by atoms with Gasteiger partial charge in [0.25, 0.3) is 36.5 Å². The van der Waals surface area contributed by atoms with Gasteiger partial charge in [-0.1, -0.05) is 51.4 Å². The Kier molecular flexibility index (Phi) is 25.6. The molecule has 0 saturated heterocycles. The Morgan fingerprint density at radius 2 is 0.788 bits per heavy atom. The molecule has 10 rings (SSSR count). The fourth-order valence-corrected chi connectivity index (χ4v) is 16.2. The highest BCUT2D eigenvalue weighted by atomic mass is 35.5. The number of hydrogen-bond acceptors (Lipinski definition) is 15. The van der Waals surface area contributed by atoms with Crippen molar-refractivity contribution in [3.05, 3.63) is 120 Å². The fraction of sp³-hybridized carbons (Fsp3) is 0.559. The minimum Gasteiger partial charge on any atom is -0.307 e. The van der Waals surface area contributed by atoms with Gasteiger partial charge in [0.05, 0.1) is 23.6 Å². The summed E-state index contributed by atoms with van der Waals surface area (Å²) in [5, 5.41) is 20.9. The first kappa shape index (κ1) is 77.6. The Morgan fingerprint density at radius 3 is 1.08 bits per heavy atom. The van der Waals surface area contributed by atoms with Crippen LogP contribution in [0.1, 0.15) is 198 Å². The highest BCUT2D eigenvalue weighted by Gasteiger charge is 2.32. The van der Waals surface area contributed by atoms with Crippen LogP contribution in [-0.2, 0) is 101 Å². The highest BCUT2D eigenvalue weighted by molar-refractivity contribution is 7.90. The summed E-state index contributed by atoms with van der Waals surface area (Å²) >= 11 is 6.27. The topological polar surface area (TPSA) is 289 Å². The van der Waals surface area contributed by atoms with E-state index in [2.05, 4.69) is 57.5 Å². The minimum absolute atomic E-state index is 0.0287. The van der Waals surface area contributed by atoms with Crippen molar-refractivity contribution in [3.63, 3.8) is 0 Å². The van der Waals surface area contributed by atoms with Gasteiger partial charge in [-0.15, -0.1) is 0 Å². The van der Waals surface area contributed by atoms with E-state index in [-0.39, 0.29) is 58.1 Å². The molecule has 0 unspecified atom stereocenters. The molecule has 3 aromatic heterocycles. The van der Waals surface area contributed by atoms with Gasteiger partial charge in [0.1, 0.15) is 6.67 Å². The summed E-state index contributed by atoms with van der Waals surface area (Å²) in [6.07, 6.45) is 9.02. The summed E-state index contributed by atoms with van der Waals surface area (Å²) in [6.45, 7) is 19.5. The Labute approximate surface area is 586 Å². The van der Waals surface area contributed by atoms with E-state index in [1.807, 2.05) is 88.2 Å². The summed E-state index contributed by atoms with van der Waals surface area (Å²) in [5.74, 6) is 0.155. The van der Waals surface area contributed by atoms with Crippen molar-refractivity contribution in [1.82, 2.24) is 58.2 Å². The second-order valence-electron chi connectivity index (χ2n) is 27.7. The molecule has 6 amide bonds. The van der Waals surface area contributed by atoms with Crippen LogP contribution in [0.5, 0.6) is 0 Å². The van der Waals surface area contributed by atoms with Crippen molar-refractivity contribution in [1.29, 1.82) is 0 Å². The molecular formula is C68H97ClF3N15O9S3. The van der Waals surface area contributed by atoms with Crippen molar-refractivity contribution in [2.75, 3.05) is 63.9 Å². The molecule has 24 nitrogen and oxygen atoms in total. The number of benzene rings is 3. The zero-order valence-corrected chi connectivity index (χ0v) is 62.4. The van der Waals surface area contributed by atoms with Gasteiger partial charge in [-0.25, -0.2) is 41.7 Å². The lowest BCUT2D eigenvalue weighted by atomic mass is 9.92. The largest absolute Gasteiger partial charge is 0.333 e. The number of urea groups is 3. The number of rotatable bonds is 24. The molecule has 3 heterocycles. The van der Waals surface area contributed by atoms with E-state index in [0.29, 0.717) is 35.2 Å². The first-order valence-corrected chi connectivity index (χ1v) is 38.6. The molecule has 544 valence electrons. The molecule has 3 aromatic carbocycles. The van der Waals surface area contributed by atoms with Gasteiger partial charge in [-0.3, -0.25) is 23.8 Å². The average Bonchev–Trinajstić information content (AvgIpc) is 1.69. The number of fused-ring (bicyclic) bond motifs is 4. The molecule has 0 bridgehead atoms. The van der Waals surface area contributed by atoms with Crippen LogP contribution in [0.3, 0.4) is 0 Å². The Morgan fingerprint density at radius 1 is 0.475 bits per heavy atom. The summed E-state index contributed by atoms with van der Waals surface area (Å²) in [7, 11) is -5.54. The maximum absolute atomic E-state index is 13.0. The molecule has 4 aliphatic rings. The van der Waals surface area contributed by atoms with E-state index in [1.165, 1.54) is 57.1 Å². The molecule has 6 N–H and O–H groups in total. The molecule has 0 atom stereocenters. The lowest BCUT2D eigenvalue weighted by Crippen LogP contribution is -2.35. The van der Waals surface area contributed by atoms with E-state index in [0.717, 1.165) is 127 Å². The van der Waals surface area contributed by atoms with E-state index in [1.54, 1.807) is 33.4 Å². The SMILES string of the molecule is CC(C)c1cc(Cl)cc(C(C)C)c1NC(=O)NS(=O)(=O)c1cc(CN(C)C)n(C(C)C)n1.CC(C)n1nc(S(=O)(=O)NC(=O)Nc2c3c(cc4c2CCC4)CCC3)cc1CN(C)CC(F)F.CC(C)n1nc(S(=O)(=O)NC(=O)Nc2c3c(cc4c2CCC4)CCC3)cc1CN(C)CCF. The maximum atomic E-state index is 13.0. The highest BCUT2D eigenvalue weighted by Crippen LogP contribution is 2.41. The lowest BCUT2D eigenvalue weighted by molar-refractivity contribution is 0.0962. The van der Waals surface area contributed by atoms with Crippen LogP contribution >= 0.6 is 11.6 Å². The molecule has 0 aliphatic heterocycles. The molecule has 31 heteroatoms. The van der Waals surface area contributed by atoms with Gasteiger partial charge in [0.15, 0.2) is 15.1 Å². The Hall–Kier alpha value is -7.09. The van der Waals surface area contributed by atoms with E-state index >= 15 is 0 Å². The van der Waals surface area contributed by atoms with Gasteiger partial charge in [0, 0.05) is 84.6 Å². The zero-order valence-electron chi connectivity index (χ0n) is 59.2. The second-order valence-corrected chi connectivity index (χ2v) is 33.0. The molecular weight excluding hydrogens is 1360 g/mol. The number of sulfonamides is 3. The first-order valence-electron chi connectivity index (χ1n) is 33.8. The van der Waals surface area contributed by atoms with Crippen LogP contribution < -0.4 is 30.1 Å². The third kappa shape index (κ3) is 19.3. The van der Waals surface area contributed by atoms with Gasteiger partial charge < -0.3 is 20.9 Å². The van der Waals surface area contributed by atoms with E-state index in [4.69, 9.17) is 11.6 Å². The predicted molar refractivity (Wildman–Crippen MR) is 379 cm³/mol. The van der Waals surface area contributed by atoms with E-state index in [9.17, 15) is 52.8 Å². The predicted octanol–water partition coefficient (Wildman–Crippen LogP) is 11.9. The van der Waals surface area contributed by atoms with Crippen molar-refractivity contribution in [2.24, 2.45) is 0 Å². The van der Waals surface area contributed by atoms with Crippen molar-refractivity contribution >= 4 is 76.8 Å². The number of carbonyl (C=O) groups is 3. The third-order valence-electron chi connectivity index (χ3n) is 17.7. The zero-order chi connectivity index (χ0) is 72.7. The summed E-state index contributed by atoms with van der Waals surface area (Å²) in [6, 6.07) is 9.58. The minimum atomic E-state index is -4.26. The summed E-state index contributed by atoms with van der Waals surface area (Å²) < 4.78 is 127.